The molecule has 0 aliphatic heterocycles. The van der Waals surface area contributed by atoms with E-state index in [9.17, 15) is 13.2 Å². The second-order valence-electron chi connectivity index (χ2n) is 7.37. The third-order valence-electron chi connectivity index (χ3n) is 4.84. The topological polar surface area (TPSA) is 88.2 Å². The van der Waals surface area contributed by atoms with Crippen molar-refractivity contribution in [3.8, 4) is 0 Å². The fourth-order valence-electron chi connectivity index (χ4n) is 3.13. The number of unbranched alkanes of at least 4 members (excludes halogenated alkanes) is 1. The molecule has 1 aromatic heterocycles. The van der Waals surface area contributed by atoms with Crippen LogP contribution in [0.1, 0.15) is 60.3 Å². The number of nitrogens with zero attached hydrogens (tertiary/aromatic N) is 1. The lowest BCUT2D eigenvalue weighted by Crippen LogP contribution is -2.31. The van der Waals surface area contributed by atoms with Gasteiger partial charge in [-0.3, -0.25) is 14.5 Å². The molecule has 150 valence electrons. The molecule has 0 spiro atoms. The molecule has 1 fully saturated rings. The van der Waals surface area contributed by atoms with Crippen molar-refractivity contribution < 1.29 is 13.2 Å². The third kappa shape index (κ3) is 5.32. The van der Waals surface area contributed by atoms with Crippen LogP contribution < -0.4 is 10.0 Å². The van der Waals surface area contributed by atoms with Gasteiger partial charge >= 0.3 is 0 Å². The summed E-state index contributed by atoms with van der Waals surface area (Å²) in [7, 11) is -3.49. The van der Waals surface area contributed by atoms with Crippen molar-refractivity contribution in [2.45, 2.75) is 45.6 Å². The van der Waals surface area contributed by atoms with E-state index in [1.807, 2.05) is 32.0 Å². The van der Waals surface area contributed by atoms with Gasteiger partial charge in [-0.15, -0.1) is 0 Å². The van der Waals surface area contributed by atoms with Crippen LogP contribution in [0.15, 0.2) is 42.6 Å². The van der Waals surface area contributed by atoms with Crippen LogP contribution in [0, 0.1) is 12.8 Å². The van der Waals surface area contributed by atoms with Crippen molar-refractivity contribution in [1.29, 1.82) is 0 Å². The highest BCUT2D eigenvalue weighted by Crippen LogP contribution is 2.40. The highest BCUT2D eigenvalue weighted by molar-refractivity contribution is 7.92. The number of carbonyl (C=O) groups excluding carboxylic acids is 1. The molecule has 28 heavy (non-hydrogen) atoms. The zero-order valence-corrected chi connectivity index (χ0v) is 17.1. The maximum absolute atomic E-state index is 13.1. The summed E-state index contributed by atoms with van der Waals surface area (Å²) in [6.07, 6.45) is 5.18. The van der Waals surface area contributed by atoms with Crippen LogP contribution in [0.2, 0.25) is 0 Å². The van der Waals surface area contributed by atoms with E-state index in [0.717, 1.165) is 30.5 Å². The molecule has 2 aromatic rings. The molecule has 1 aliphatic rings. The molecule has 1 saturated carbocycles. The lowest BCUT2D eigenvalue weighted by molar-refractivity contribution is 0.0931. The number of amides is 1. The molecule has 6 nitrogen and oxygen atoms in total. The van der Waals surface area contributed by atoms with Gasteiger partial charge in [0.15, 0.2) is 0 Å². The molecule has 2 N–H and O–H groups in total. The molecule has 1 aromatic carbocycles. The smallest absolute Gasteiger partial charge is 0.253 e. The minimum Gasteiger partial charge on any atom is -0.343 e. The zero-order valence-electron chi connectivity index (χ0n) is 16.3. The minimum atomic E-state index is -3.49. The van der Waals surface area contributed by atoms with Crippen LogP contribution in [-0.2, 0) is 10.0 Å². The predicted molar refractivity (Wildman–Crippen MR) is 111 cm³/mol. The largest absolute Gasteiger partial charge is 0.343 e. The van der Waals surface area contributed by atoms with Gasteiger partial charge in [-0.25, -0.2) is 8.42 Å². The lowest BCUT2D eigenvalue weighted by atomic mass is 10.1. The Kier molecular flexibility index (Phi) is 6.34. The van der Waals surface area contributed by atoms with Crippen molar-refractivity contribution in [2.75, 3.05) is 10.5 Å². The van der Waals surface area contributed by atoms with Crippen molar-refractivity contribution in [2.24, 2.45) is 5.92 Å². The number of aryl methyl sites for hydroxylation is 1. The summed E-state index contributed by atoms with van der Waals surface area (Å²) >= 11 is 0. The summed E-state index contributed by atoms with van der Waals surface area (Å²) in [5, 5.41) is 3.07. The van der Waals surface area contributed by atoms with Gasteiger partial charge in [-0.2, -0.15) is 0 Å². The van der Waals surface area contributed by atoms with Crippen molar-refractivity contribution >= 4 is 21.6 Å². The van der Waals surface area contributed by atoms with Gasteiger partial charge in [0, 0.05) is 6.20 Å². The average molecular weight is 402 g/mol. The van der Waals surface area contributed by atoms with E-state index < -0.39 is 10.0 Å². The number of sulfonamides is 1. The van der Waals surface area contributed by atoms with E-state index in [-0.39, 0.29) is 17.7 Å². The fraction of sp³-hybridized carbons (Fsp3) is 0.429. The standard InChI is InChI=1S/C21H27N3O3S/c1-3-4-13-28(26,27)24-18-11-8-15(2)14-17(18)21(25)23-20(16-9-10-16)19-7-5-6-12-22-19/h5-8,11-12,14,16,20,24H,3-4,9-10,13H2,1-2H3,(H,23,25). The first kappa shape index (κ1) is 20.3. The van der Waals surface area contributed by atoms with Crippen LogP contribution in [0.3, 0.4) is 0 Å². The molecule has 1 heterocycles. The summed E-state index contributed by atoms with van der Waals surface area (Å²) in [6, 6.07) is 10.7. The Labute approximate surface area is 166 Å². The van der Waals surface area contributed by atoms with E-state index in [4.69, 9.17) is 0 Å². The van der Waals surface area contributed by atoms with Gasteiger partial charge in [-0.05, 0) is 56.4 Å². The maximum atomic E-state index is 13.1. The van der Waals surface area contributed by atoms with Gasteiger partial charge in [0.25, 0.3) is 5.91 Å². The van der Waals surface area contributed by atoms with E-state index in [2.05, 4.69) is 15.0 Å². The molecule has 1 atom stereocenters. The Morgan fingerprint density at radius 3 is 2.68 bits per heavy atom. The number of pyridine rings is 1. The lowest BCUT2D eigenvalue weighted by Gasteiger charge is -2.19. The molecule has 1 amide bonds. The molecule has 0 radical (unpaired) electrons. The normalized spacial score (nSPS) is 15.1. The maximum Gasteiger partial charge on any atom is 0.253 e. The van der Waals surface area contributed by atoms with Crippen molar-refractivity contribution in [1.82, 2.24) is 10.3 Å². The quantitative estimate of drug-likeness (QED) is 0.669. The Hall–Kier alpha value is -2.41. The first-order valence-electron chi connectivity index (χ1n) is 9.72. The molecular formula is C21H27N3O3S. The molecular weight excluding hydrogens is 374 g/mol. The summed E-state index contributed by atoms with van der Waals surface area (Å²) < 4.78 is 27.2. The Morgan fingerprint density at radius 2 is 2.04 bits per heavy atom. The van der Waals surface area contributed by atoms with E-state index in [1.165, 1.54) is 0 Å². The number of anilines is 1. The van der Waals surface area contributed by atoms with Gasteiger partial charge < -0.3 is 5.32 Å². The number of aromatic nitrogens is 1. The van der Waals surface area contributed by atoms with Gasteiger partial charge in [0.1, 0.15) is 0 Å². The average Bonchev–Trinajstić information content (AvgIpc) is 3.51. The summed E-state index contributed by atoms with van der Waals surface area (Å²) in [5.41, 5.74) is 2.37. The predicted octanol–water partition coefficient (Wildman–Crippen LogP) is 3.81. The van der Waals surface area contributed by atoms with Crippen LogP contribution in [0.5, 0.6) is 0 Å². The summed E-state index contributed by atoms with van der Waals surface area (Å²) in [6.45, 7) is 3.82. The van der Waals surface area contributed by atoms with Gasteiger partial charge in [0.05, 0.1) is 28.7 Å². The molecule has 0 bridgehead atoms. The highest BCUT2D eigenvalue weighted by Gasteiger charge is 2.34. The Bertz CT molecular complexity index is 925. The number of carbonyl (C=O) groups is 1. The number of rotatable bonds is 9. The van der Waals surface area contributed by atoms with E-state index >= 15 is 0 Å². The summed E-state index contributed by atoms with van der Waals surface area (Å²) in [4.78, 5) is 17.5. The van der Waals surface area contributed by atoms with Gasteiger partial charge in [-0.1, -0.05) is 31.0 Å². The van der Waals surface area contributed by atoms with E-state index in [0.29, 0.717) is 23.6 Å². The van der Waals surface area contributed by atoms with Crippen LogP contribution in [-0.4, -0.2) is 25.1 Å². The first-order valence-corrected chi connectivity index (χ1v) is 11.4. The Morgan fingerprint density at radius 1 is 1.25 bits per heavy atom. The number of benzene rings is 1. The zero-order chi connectivity index (χ0) is 20.1. The fourth-order valence-corrected chi connectivity index (χ4v) is 4.41. The van der Waals surface area contributed by atoms with Crippen LogP contribution in [0.4, 0.5) is 5.69 Å². The number of hydrogen-bond acceptors (Lipinski definition) is 4. The summed E-state index contributed by atoms with van der Waals surface area (Å²) in [5.74, 6) is 0.115. The number of nitrogens with one attached hydrogen (secondary N) is 2. The van der Waals surface area contributed by atoms with Crippen molar-refractivity contribution in [3.05, 3.63) is 59.4 Å². The number of hydrogen-bond donors (Lipinski definition) is 2. The minimum absolute atomic E-state index is 0.0388. The van der Waals surface area contributed by atoms with Crippen LogP contribution in [0.25, 0.3) is 0 Å². The third-order valence-corrected chi connectivity index (χ3v) is 6.20. The van der Waals surface area contributed by atoms with Crippen molar-refractivity contribution in [3.63, 3.8) is 0 Å². The molecule has 3 rings (SSSR count). The molecule has 0 saturated heterocycles. The van der Waals surface area contributed by atoms with Gasteiger partial charge in [0.2, 0.25) is 10.0 Å². The monoisotopic (exact) mass is 401 g/mol. The SMILES string of the molecule is CCCCS(=O)(=O)Nc1ccc(C)cc1C(=O)NC(c1ccccn1)C1CC1. The second-order valence-corrected chi connectivity index (χ2v) is 9.21. The van der Waals surface area contributed by atoms with Crippen LogP contribution >= 0.6 is 0 Å². The first-order chi connectivity index (χ1) is 13.4. The highest BCUT2D eigenvalue weighted by atomic mass is 32.2. The molecule has 1 aliphatic carbocycles. The van der Waals surface area contributed by atoms with E-state index in [1.54, 1.807) is 24.4 Å². The Balaban J connectivity index is 1.83. The second kappa shape index (κ2) is 8.73. The molecule has 7 heteroatoms. The molecule has 1 unspecified atom stereocenters.